The number of benzene rings is 2. The molecule has 0 spiro atoms. The monoisotopic (exact) mass is 384 g/mol. The van der Waals surface area contributed by atoms with E-state index >= 15 is 0 Å². The first-order valence-corrected chi connectivity index (χ1v) is 8.06. The van der Waals surface area contributed by atoms with Crippen LogP contribution in [0.15, 0.2) is 64.3 Å². The number of H-pyrrole nitrogens is 1. The van der Waals surface area contributed by atoms with Gasteiger partial charge in [-0.25, -0.2) is 9.36 Å². The number of anilines is 1. The van der Waals surface area contributed by atoms with Gasteiger partial charge in [0.2, 0.25) is 5.91 Å². The Hall–Kier alpha value is -3.65. The van der Waals surface area contributed by atoms with Crippen molar-refractivity contribution < 1.29 is 9.59 Å². The molecule has 0 saturated heterocycles. The number of hydrogen-bond donors (Lipinski definition) is 3. The molecule has 0 fully saturated rings. The molecule has 0 atom stereocenters. The lowest BCUT2D eigenvalue weighted by atomic mass is 10.2. The fourth-order valence-corrected chi connectivity index (χ4v) is 2.50. The maximum Gasteiger partial charge on any atom is 0.333 e. The number of rotatable bonds is 4. The molecule has 136 valence electrons. The normalized spacial score (nSPS) is 10.4. The number of primary amides is 1. The number of carbonyl (C=O) groups is 2. The van der Waals surface area contributed by atoms with Crippen LogP contribution in [0.1, 0.15) is 20.7 Å². The second kappa shape index (κ2) is 7.30. The van der Waals surface area contributed by atoms with Gasteiger partial charge in [0.15, 0.2) is 0 Å². The number of aromatic amines is 1. The number of nitrogens with one attached hydrogen (secondary N) is 2. The van der Waals surface area contributed by atoms with Gasteiger partial charge in [-0.1, -0.05) is 11.6 Å². The zero-order valence-electron chi connectivity index (χ0n) is 13.7. The molecule has 0 aliphatic heterocycles. The summed E-state index contributed by atoms with van der Waals surface area (Å²) in [5, 5.41) is 2.97. The summed E-state index contributed by atoms with van der Waals surface area (Å²) in [6.07, 6.45) is 1.05. The van der Waals surface area contributed by atoms with Gasteiger partial charge in [0.25, 0.3) is 11.5 Å². The summed E-state index contributed by atoms with van der Waals surface area (Å²) in [4.78, 5) is 50.6. The third-order valence-electron chi connectivity index (χ3n) is 3.73. The highest BCUT2D eigenvalue weighted by Gasteiger charge is 2.16. The first kappa shape index (κ1) is 18.2. The van der Waals surface area contributed by atoms with Crippen LogP contribution in [0.2, 0.25) is 5.02 Å². The summed E-state index contributed by atoms with van der Waals surface area (Å²) in [7, 11) is 0. The molecule has 0 aliphatic carbocycles. The minimum absolute atomic E-state index is 0.261. The highest BCUT2D eigenvalue weighted by molar-refractivity contribution is 6.30. The minimum atomic E-state index is -0.785. The predicted octanol–water partition coefficient (Wildman–Crippen LogP) is 1.53. The number of nitrogens with zero attached hydrogens (tertiary/aromatic N) is 1. The van der Waals surface area contributed by atoms with Crippen molar-refractivity contribution in [2.75, 3.05) is 5.32 Å². The van der Waals surface area contributed by atoms with Gasteiger partial charge in [0, 0.05) is 22.5 Å². The van der Waals surface area contributed by atoms with Crippen LogP contribution in [0.3, 0.4) is 0 Å². The first-order chi connectivity index (χ1) is 12.9. The molecule has 0 bridgehead atoms. The van der Waals surface area contributed by atoms with Crippen molar-refractivity contribution in [1.29, 1.82) is 0 Å². The van der Waals surface area contributed by atoms with Crippen molar-refractivity contribution in [1.82, 2.24) is 9.55 Å². The van der Waals surface area contributed by atoms with E-state index in [0.29, 0.717) is 10.7 Å². The molecule has 4 N–H and O–H groups in total. The van der Waals surface area contributed by atoms with Gasteiger partial charge in [0.05, 0.1) is 5.69 Å². The van der Waals surface area contributed by atoms with Crippen LogP contribution >= 0.6 is 11.6 Å². The SMILES string of the molecule is NC(=O)c1ccc(NC(=O)c2c[nH]c(=O)n(-c3ccc(Cl)cc3)c2=O)cc1. The molecule has 1 heterocycles. The molecule has 3 rings (SSSR count). The van der Waals surface area contributed by atoms with E-state index in [4.69, 9.17) is 17.3 Å². The molecule has 2 amide bonds. The van der Waals surface area contributed by atoms with Crippen LogP contribution < -0.4 is 22.3 Å². The van der Waals surface area contributed by atoms with Crippen molar-refractivity contribution in [2.24, 2.45) is 5.73 Å². The maximum atomic E-state index is 12.6. The van der Waals surface area contributed by atoms with Crippen molar-refractivity contribution >= 4 is 29.1 Å². The smallest absolute Gasteiger partial charge is 0.333 e. The Labute approximate surface area is 157 Å². The van der Waals surface area contributed by atoms with Crippen molar-refractivity contribution in [3.8, 4) is 5.69 Å². The standard InChI is InChI=1S/C18H13ClN4O4/c19-11-3-7-13(8-4-11)23-17(26)14(9-21-18(23)27)16(25)22-12-5-1-10(2-6-12)15(20)24/h1-9H,(H2,20,24)(H,21,27)(H,22,25). The van der Waals surface area contributed by atoms with Gasteiger partial charge in [-0.3, -0.25) is 14.4 Å². The number of halogens is 1. The fourth-order valence-electron chi connectivity index (χ4n) is 2.38. The molecular formula is C18H13ClN4O4. The van der Waals surface area contributed by atoms with Crippen LogP contribution in [0.4, 0.5) is 5.69 Å². The van der Waals surface area contributed by atoms with E-state index in [1.54, 1.807) is 0 Å². The number of aromatic nitrogens is 2. The molecular weight excluding hydrogens is 372 g/mol. The number of hydrogen-bond acceptors (Lipinski definition) is 4. The lowest BCUT2D eigenvalue weighted by molar-refractivity contribution is 0.0998. The third kappa shape index (κ3) is 3.80. The fraction of sp³-hybridized carbons (Fsp3) is 0. The topological polar surface area (TPSA) is 127 Å². The summed E-state index contributed by atoms with van der Waals surface area (Å²) in [5.41, 5.74) is 4.33. The zero-order valence-corrected chi connectivity index (χ0v) is 14.5. The van der Waals surface area contributed by atoms with Gasteiger partial charge in [-0.05, 0) is 48.5 Å². The highest BCUT2D eigenvalue weighted by Crippen LogP contribution is 2.12. The Morgan fingerprint density at radius 2 is 1.63 bits per heavy atom. The second-order valence-corrected chi connectivity index (χ2v) is 5.96. The first-order valence-electron chi connectivity index (χ1n) is 7.69. The maximum absolute atomic E-state index is 12.6. The summed E-state index contributed by atoms with van der Waals surface area (Å²) < 4.78 is 0.835. The van der Waals surface area contributed by atoms with E-state index in [0.717, 1.165) is 10.8 Å². The Bertz CT molecular complexity index is 1130. The van der Waals surface area contributed by atoms with E-state index in [-0.39, 0.29) is 16.8 Å². The van der Waals surface area contributed by atoms with Crippen LogP contribution in [-0.4, -0.2) is 21.4 Å². The second-order valence-electron chi connectivity index (χ2n) is 5.52. The van der Waals surface area contributed by atoms with Gasteiger partial charge in [-0.15, -0.1) is 0 Å². The van der Waals surface area contributed by atoms with Gasteiger partial charge in [0.1, 0.15) is 5.56 Å². The Morgan fingerprint density at radius 1 is 1.00 bits per heavy atom. The van der Waals surface area contributed by atoms with E-state index in [2.05, 4.69) is 10.3 Å². The summed E-state index contributed by atoms with van der Waals surface area (Å²) in [6, 6.07) is 11.9. The molecule has 9 heteroatoms. The zero-order chi connectivity index (χ0) is 19.6. The third-order valence-corrected chi connectivity index (χ3v) is 3.99. The average Bonchev–Trinajstić information content (AvgIpc) is 2.63. The summed E-state index contributed by atoms with van der Waals surface area (Å²) in [5.74, 6) is -1.31. The molecule has 0 aliphatic rings. The molecule has 0 saturated carbocycles. The van der Waals surface area contributed by atoms with Crippen molar-refractivity contribution in [3.63, 3.8) is 0 Å². The van der Waals surface area contributed by atoms with Gasteiger partial charge >= 0.3 is 5.69 Å². The van der Waals surface area contributed by atoms with Crippen LogP contribution in [-0.2, 0) is 0 Å². The lowest BCUT2D eigenvalue weighted by Crippen LogP contribution is -2.38. The number of amides is 2. The Morgan fingerprint density at radius 3 is 2.22 bits per heavy atom. The van der Waals surface area contributed by atoms with Crippen molar-refractivity contribution in [2.45, 2.75) is 0 Å². The molecule has 1 aromatic heterocycles. The molecule has 0 unspecified atom stereocenters. The minimum Gasteiger partial charge on any atom is -0.366 e. The average molecular weight is 385 g/mol. The molecule has 3 aromatic rings. The number of carbonyl (C=O) groups excluding carboxylic acids is 2. The largest absolute Gasteiger partial charge is 0.366 e. The molecule has 8 nitrogen and oxygen atoms in total. The van der Waals surface area contributed by atoms with E-state index in [1.165, 1.54) is 48.5 Å². The quantitative estimate of drug-likeness (QED) is 0.630. The summed E-state index contributed by atoms with van der Waals surface area (Å²) in [6.45, 7) is 0. The lowest BCUT2D eigenvalue weighted by Gasteiger charge is -2.08. The Balaban J connectivity index is 1.95. The van der Waals surface area contributed by atoms with Crippen LogP contribution in [0, 0.1) is 0 Å². The molecule has 0 radical (unpaired) electrons. The summed E-state index contributed by atoms with van der Waals surface area (Å²) >= 11 is 5.81. The number of nitrogens with two attached hydrogens (primary N) is 1. The van der Waals surface area contributed by atoms with E-state index in [9.17, 15) is 19.2 Å². The van der Waals surface area contributed by atoms with Crippen LogP contribution in [0.5, 0.6) is 0 Å². The molecule has 2 aromatic carbocycles. The van der Waals surface area contributed by atoms with Gasteiger partial charge < -0.3 is 16.0 Å². The molecule has 27 heavy (non-hydrogen) atoms. The van der Waals surface area contributed by atoms with E-state index in [1.807, 2.05) is 0 Å². The van der Waals surface area contributed by atoms with Gasteiger partial charge in [-0.2, -0.15) is 0 Å². The van der Waals surface area contributed by atoms with Crippen LogP contribution in [0.25, 0.3) is 5.69 Å². The van der Waals surface area contributed by atoms with Crippen molar-refractivity contribution in [3.05, 3.63) is 91.7 Å². The Kier molecular flexibility index (Phi) is 4.91. The van der Waals surface area contributed by atoms with E-state index < -0.39 is 23.1 Å². The predicted molar refractivity (Wildman–Crippen MR) is 101 cm³/mol. The highest BCUT2D eigenvalue weighted by atomic mass is 35.5.